The number of hydrogen-bond donors (Lipinski definition) is 0. The SMILES string of the molecule is CCn1c([N+](=O)[O-])nc(C=O)c1C=O. The van der Waals surface area contributed by atoms with Gasteiger partial charge in [-0.3, -0.25) is 9.59 Å². The van der Waals surface area contributed by atoms with Crippen molar-refractivity contribution in [3.05, 3.63) is 21.5 Å². The highest BCUT2D eigenvalue weighted by molar-refractivity contribution is 5.87. The van der Waals surface area contributed by atoms with E-state index in [0.717, 1.165) is 4.57 Å². The number of rotatable bonds is 4. The molecule has 0 fully saturated rings. The quantitative estimate of drug-likeness (QED) is 0.396. The Morgan fingerprint density at radius 1 is 1.50 bits per heavy atom. The molecule has 0 atom stereocenters. The molecule has 1 aromatic rings. The Balaban J connectivity index is 3.45. The van der Waals surface area contributed by atoms with Crippen LogP contribution in [0.15, 0.2) is 0 Å². The van der Waals surface area contributed by atoms with E-state index < -0.39 is 10.9 Å². The lowest BCUT2D eigenvalue weighted by Gasteiger charge is -1.97. The smallest absolute Gasteiger partial charge is 0.390 e. The van der Waals surface area contributed by atoms with Crippen LogP contribution in [-0.2, 0) is 6.54 Å². The molecule has 0 bridgehead atoms. The van der Waals surface area contributed by atoms with Gasteiger partial charge < -0.3 is 10.1 Å². The maximum Gasteiger partial charge on any atom is 0.435 e. The fourth-order valence-corrected chi connectivity index (χ4v) is 1.13. The van der Waals surface area contributed by atoms with Crippen LogP contribution in [0.2, 0.25) is 0 Å². The molecular weight excluding hydrogens is 190 g/mol. The highest BCUT2D eigenvalue weighted by atomic mass is 16.6. The first-order valence-electron chi connectivity index (χ1n) is 3.81. The van der Waals surface area contributed by atoms with Gasteiger partial charge in [0.15, 0.2) is 18.3 Å². The predicted octanol–water partition coefficient (Wildman–Crippen LogP) is 0.436. The Morgan fingerprint density at radius 2 is 2.14 bits per heavy atom. The summed E-state index contributed by atoms with van der Waals surface area (Å²) in [5, 5.41) is 10.5. The van der Waals surface area contributed by atoms with Crippen LogP contribution >= 0.6 is 0 Å². The zero-order valence-corrected chi connectivity index (χ0v) is 7.34. The topological polar surface area (TPSA) is 95.1 Å². The zero-order valence-electron chi connectivity index (χ0n) is 7.34. The van der Waals surface area contributed by atoms with Gasteiger partial charge in [0.1, 0.15) is 0 Å². The number of hydrogen-bond acceptors (Lipinski definition) is 5. The molecule has 0 aliphatic rings. The number of nitro groups is 1. The van der Waals surface area contributed by atoms with Crippen molar-refractivity contribution in [1.29, 1.82) is 0 Å². The van der Waals surface area contributed by atoms with Crippen LogP contribution in [0.1, 0.15) is 27.9 Å². The second-order valence-corrected chi connectivity index (χ2v) is 2.42. The van der Waals surface area contributed by atoms with Crippen molar-refractivity contribution in [3.8, 4) is 0 Å². The number of nitrogens with zero attached hydrogens (tertiary/aromatic N) is 3. The summed E-state index contributed by atoms with van der Waals surface area (Å²) in [4.78, 5) is 34.2. The van der Waals surface area contributed by atoms with E-state index in [2.05, 4.69) is 4.98 Å². The Hall–Kier alpha value is -2.05. The Morgan fingerprint density at radius 3 is 2.50 bits per heavy atom. The van der Waals surface area contributed by atoms with Crippen molar-refractivity contribution >= 4 is 18.5 Å². The lowest BCUT2D eigenvalue weighted by Crippen LogP contribution is -2.05. The van der Waals surface area contributed by atoms with Gasteiger partial charge in [-0.2, -0.15) is 0 Å². The Kier molecular flexibility index (Phi) is 2.70. The highest BCUT2D eigenvalue weighted by Crippen LogP contribution is 2.15. The molecule has 1 rings (SSSR count). The van der Waals surface area contributed by atoms with E-state index in [4.69, 9.17) is 0 Å². The van der Waals surface area contributed by atoms with Crippen LogP contribution in [0.4, 0.5) is 5.95 Å². The Bertz CT molecular complexity index is 396. The second kappa shape index (κ2) is 3.77. The summed E-state index contributed by atoms with van der Waals surface area (Å²) < 4.78 is 1.08. The molecule has 0 aliphatic heterocycles. The van der Waals surface area contributed by atoms with Crippen LogP contribution in [0.3, 0.4) is 0 Å². The summed E-state index contributed by atoms with van der Waals surface area (Å²) in [7, 11) is 0. The number of carbonyl (C=O) groups excluding carboxylic acids is 2. The van der Waals surface area contributed by atoms with Gasteiger partial charge in [0.25, 0.3) is 0 Å². The van der Waals surface area contributed by atoms with Crippen LogP contribution < -0.4 is 0 Å². The third-order valence-corrected chi connectivity index (χ3v) is 1.72. The summed E-state index contributed by atoms with van der Waals surface area (Å²) in [5.41, 5.74) is -0.261. The van der Waals surface area contributed by atoms with Crippen molar-refractivity contribution in [2.75, 3.05) is 0 Å². The first-order chi connectivity index (χ1) is 6.65. The van der Waals surface area contributed by atoms with Gasteiger partial charge in [-0.25, -0.2) is 4.57 Å². The fraction of sp³-hybridized carbons (Fsp3) is 0.286. The number of aldehydes is 2. The van der Waals surface area contributed by atoms with E-state index in [-0.39, 0.29) is 17.9 Å². The number of aromatic nitrogens is 2. The molecule has 7 nitrogen and oxygen atoms in total. The molecule has 0 aliphatic carbocycles. The third-order valence-electron chi connectivity index (χ3n) is 1.72. The minimum atomic E-state index is -0.733. The molecule has 1 heterocycles. The van der Waals surface area contributed by atoms with Gasteiger partial charge in [0, 0.05) is 0 Å². The van der Waals surface area contributed by atoms with Crippen LogP contribution in [-0.4, -0.2) is 27.0 Å². The summed E-state index contributed by atoms with van der Waals surface area (Å²) >= 11 is 0. The molecule has 14 heavy (non-hydrogen) atoms. The maximum atomic E-state index is 10.6. The monoisotopic (exact) mass is 197 g/mol. The van der Waals surface area contributed by atoms with Crippen molar-refractivity contribution < 1.29 is 14.5 Å². The van der Waals surface area contributed by atoms with E-state index in [9.17, 15) is 19.7 Å². The minimum absolute atomic E-state index is 0.0609. The van der Waals surface area contributed by atoms with Gasteiger partial charge in [-0.05, 0) is 11.8 Å². The van der Waals surface area contributed by atoms with Crippen LogP contribution in [0, 0.1) is 10.1 Å². The second-order valence-electron chi connectivity index (χ2n) is 2.42. The minimum Gasteiger partial charge on any atom is -0.390 e. The van der Waals surface area contributed by atoms with E-state index >= 15 is 0 Å². The van der Waals surface area contributed by atoms with Gasteiger partial charge in [-0.15, -0.1) is 0 Å². The van der Waals surface area contributed by atoms with E-state index in [1.54, 1.807) is 6.92 Å². The lowest BCUT2D eigenvalue weighted by atomic mass is 10.3. The molecule has 0 amide bonds. The molecular formula is C7H7N3O4. The largest absolute Gasteiger partial charge is 0.435 e. The molecule has 0 saturated heterocycles. The van der Waals surface area contributed by atoms with Crippen LogP contribution in [0.5, 0.6) is 0 Å². The molecule has 7 heteroatoms. The average molecular weight is 197 g/mol. The number of carbonyl (C=O) groups is 2. The fourth-order valence-electron chi connectivity index (χ4n) is 1.13. The Labute approximate surface area is 78.5 Å². The van der Waals surface area contributed by atoms with Crippen LogP contribution in [0.25, 0.3) is 0 Å². The van der Waals surface area contributed by atoms with E-state index in [0.29, 0.717) is 12.6 Å². The van der Waals surface area contributed by atoms with Crippen molar-refractivity contribution in [2.45, 2.75) is 13.5 Å². The van der Waals surface area contributed by atoms with Crippen molar-refractivity contribution in [1.82, 2.24) is 9.55 Å². The van der Waals surface area contributed by atoms with Gasteiger partial charge >= 0.3 is 5.95 Å². The normalized spacial score (nSPS) is 9.79. The highest BCUT2D eigenvalue weighted by Gasteiger charge is 2.25. The average Bonchev–Trinajstić information content (AvgIpc) is 2.54. The van der Waals surface area contributed by atoms with Gasteiger partial charge in [-0.1, -0.05) is 4.98 Å². The third kappa shape index (κ3) is 1.39. The molecule has 0 saturated carbocycles. The standard InChI is InChI=1S/C7H7N3O4/c1-2-9-6(4-12)5(3-11)8-7(9)10(13)14/h3-4H,2H2,1H3. The molecule has 0 spiro atoms. The molecule has 1 aromatic heterocycles. The number of imidazole rings is 1. The first kappa shape index (κ1) is 10.0. The van der Waals surface area contributed by atoms with E-state index in [1.807, 2.05) is 0 Å². The molecule has 74 valence electrons. The first-order valence-corrected chi connectivity index (χ1v) is 3.81. The lowest BCUT2D eigenvalue weighted by molar-refractivity contribution is -0.396. The van der Waals surface area contributed by atoms with Gasteiger partial charge in [0.05, 0.1) is 6.54 Å². The van der Waals surface area contributed by atoms with Crippen molar-refractivity contribution in [2.24, 2.45) is 0 Å². The molecule has 0 aromatic carbocycles. The summed E-state index contributed by atoms with van der Waals surface area (Å²) in [5.74, 6) is -0.489. The zero-order chi connectivity index (χ0) is 10.7. The molecule has 0 unspecified atom stereocenters. The van der Waals surface area contributed by atoms with E-state index in [1.165, 1.54) is 0 Å². The predicted molar refractivity (Wildman–Crippen MR) is 45.3 cm³/mol. The molecule has 0 N–H and O–H groups in total. The maximum absolute atomic E-state index is 10.6. The molecule has 0 radical (unpaired) electrons. The van der Waals surface area contributed by atoms with Crippen molar-refractivity contribution in [3.63, 3.8) is 0 Å². The summed E-state index contributed by atoms with van der Waals surface area (Å²) in [6.07, 6.45) is 0.704. The summed E-state index contributed by atoms with van der Waals surface area (Å²) in [6, 6.07) is 0. The summed E-state index contributed by atoms with van der Waals surface area (Å²) in [6.45, 7) is 1.83. The van der Waals surface area contributed by atoms with Gasteiger partial charge in [0.2, 0.25) is 5.69 Å².